The molecular formula is C15H8BrN3OS. The van der Waals surface area contributed by atoms with Crippen LogP contribution in [-0.4, -0.2) is 9.97 Å². The number of allylic oxidation sites excluding steroid dienone is 1. The molecule has 0 aliphatic carbocycles. The van der Waals surface area contributed by atoms with Gasteiger partial charge in [0.1, 0.15) is 6.07 Å². The molecule has 0 radical (unpaired) electrons. The molecule has 3 rings (SSSR count). The van der Waals surface area contributed by atoms with Gasteiger partial charge < -0.3 is 4.98 Å². The Morgan fingerprint density at radius 3 is 3.00 bits per heavy atom. The molecule has 1 N–H and O–H groups in total. The van der Waals surface area contributed by atoms with E-state index in [1.54, 1.807) is 29.5 Å². The highest BCUT2D eigenvalue weighted by molar-refractivity contribution is 9.10. The first-order chi connectivity index (χ1) is 10.2. The number of nitrogens with zero attached hydrogens (tertiary/aromatic N) is 2. The molecule has 6 heteroatoms. The Morgan fingerprint density at radius 1 is 1.43 bits per heavy atom. The summed E-state index contributed by atoms with van der Waals surface area (Å²) in [6.07, 6.45) is 1.71. The standard InChI is InChI=1S/C15H8BrN3OS/c16-11-1-2-13-12(6-11)15(20)19-14(18-13)10(7-17)5-9-3-4-21-8-9/h1-6,8H,(H,18,19,20)/b10-5+. The Hall–Kier alpha value is -2.23. The maximum absolute atomic E-state index is 12.1. The molecule has 0 fully saturated rings. The van der Waals surface area contributed by atoms with Crippen molar-refractivity contribution < 1.29 is 0 Å². The van der Waals surface area contributed by atoms with Gasteiger partial charge in [0, 0.05) is 4.47 Å². The number of hydrogen-bond donors (Lipinski definition) is 1. The average Bonchev–Trinajstić information content (AvgIpc) is 2.98. The van der Waals surface area contributed by atoms with Gasteiger partial charge in [0.05, 0.1) is 16.5 Å². The van der Waals surface area contributed by atoms with E-state index >= 15 is 0 Å². The Morgan fingerprint density at radius 2 is 2.29 bits per heavy atom. The number of fused-ring (bicyclic) bond motifs is 1. The quantitative estimate of drug-likeness (QED) is 0.708. The molecule has 0 bridgehead atoms. The molecule has 0 saturated carbocycles. The summed E-state index contributed by atoms with van der Waals surface area (Å²) < 4.78 is 0.810. The first-order valence-electron chi connectivity index (χ1n) is 6.01. The fraction of sp³-hybridized carbons (Fsp3) is 0. The summed E-state index contributed by atoms with van der Waals surface area (Å²) in [5.41, 5.74) is 1.54. The molecule has 4 nitrogen and oxygen atoms in total. The number of halogens is 1. The van der Waals surface area contributed by atoms with Crippen LogP contribution in [0.1, 0.15) is 11.4 Å². The van der Waals surface area contributed by atoms with Crippen molar-refractivity contribution in [2.75, 3.05) is 0 Å². The van der Waals surface area contributed by atoms with Crippen LogP contribution in [0, 0.1) is 11.3 Å². The summed E-state index contributed by atoms with van der Waals surface area (Å²) in [7, 11) is 0. The van der Waals surface area contributed by atoms with Gasteiger partial charge in [-0.1, -0.05) is 15.9 Å². The molecule has 1 aromatic carbocycles. The van der Waals surface area contributed by atoms with E-state index in [1.165, 1.54) is 0 Å². The summed E-state index contributed by atoms with van der Waals surface area (Å²) >= 11 is 4.87. The van der Waals surface area contributed by atoms with E-state index in [4.69, 9.17) is 0 Å². The van der Waals surface area contributed by atoms with Crippen LogP contribution < -0.4 is 5.56 Å². The number of nitrogens with one attached hydrogen (secondary N) is 1. The molecule has 2 aromatic heterocycles. The highest BCUT2D eigenvalue weighted by atomic mass is 79.9. The third-order valence-electron chi connectivity index (χ3n) is 2.90. The molecule has 3 aromatic rings. The topological polar surface area (TPSA) is 69.5 Å². The van der Waals surface area contributed by atoms with Crippen molar-refractivity contribution in [3.8, 4) is 6.07 Å². The highest BCUT2D eigenvalue weighted by Gasteiger charge is 2.08. The van der Waals surface area contributed by atoms with Crippen LogP contribution >= 0.6 is 27.3 Å². The summed E-state index contributed by atoms with van der Waals surface area (Å²) in [5, 5.41) is 13.6. The van der Waals surface area contributed by atoms with E-state index < -0.39 is 0 Å². The largest absolute Gasteiger partial charge is 0.305 e. The van der Waals surface area contributed by atoms with Crippen LogP contribution in [-0.2, 0) is 0 Å². The van der Waals surface area contributed by atoms with Crippen molar-refractivity contribution >= 4 is 49.8 Å². The molecule has 2 heterocycles. The molecule has 0 unspecified atom stereocenters. The van der Waals surface area contributed by atoms with E-state index in [1.807, 2.05) is 22.9 Å². The highest BCUT2D eigenvalue weighted by Crippen LogP contribution is 2.19. The Balaban J connectivity index is 2.19. The van der Waals surface area contributed by atoms with Crippen LogP contribution in [0.4, 0.5) is 0 Å². The zero-order valence-corrected chi connectivity index (χ0v) is 13.0. The number of benzene rings is 1. The number of thiophene rings is 1. The van der Waals surface area contributed by atoms with Crippen molar-refractivity contribution in [2.45, 2.75) is 0 Å². The molecule has 0 atom stereocenters. The minimum atomic E-state index is -0.261. The zero-order valence-electron chi connectivity index (χ0n) is 10.6. The zero-order chi connectivity index (χ0) is 14.8. The molecule has 0 amide bonds. The van der Waals surface area contributed by atoms with Crippen molar-refractivity contribution in [1.82, 2.24) is 9.97 Å². The number of aromatic amines is 1. The van der Waals surface area contributed by atoms with Gasteiger partial charge in [-0.05, 0) is 46.7 Å². The summed E-state index contributed by atoms with van der Waals surface area (Å²) in [4.78, 5) is 19.2. The average molecular weight is 358 g/mol. The smallest absolute Gasteiger partial charge is 0.259 e. The van der Waals surface area contributed by atoms with E-state index in [-0.39, 0.29) is 11.4 Å². The van der Waals surface area contributed by atoms with Crippen molar-refractivity contribution in [2.24, 2.45) is 0 Å². The lowest BCUT2D eigenvalue weighted by atomic mass is 10.2. The maximum atomic E-state index is 12.1. The van der Waals surface area contributed by atoms with E-state index in [0.29, 0.717) is 16.5 Å². The molecule has 0 aliphatic rings. The predicted octanol–water partition coefficient (Wildman–Crippen LogP) is 3.81. The third-order valence-corrected chi connectivity index (χ3v) is 4.09. The summed E-state index contributed by atoms with van der Waals surface area (Å²) in [5.74, 6) is 0.281. The van der Waals surface area contributed by atoms with Crippen molar-refractivity contribution in [1.29, 1.82) is 5.26 Å². The van der Waals surface area contributed by atoms with Crippen LogP contribution in [0.2, 0.25) is 0 Å². The normalized spacial score (nSPS) is 11.5. The lowest BCUT2D eigenvalue weighted by Crippen LogP contribution is -2.11. The first kappa shape index (κ1) is 13.7. The number of aromatic nitrogens is 2. The van der Waals surface area contributed by atoms with Crippen molar-refractivity contribution in [3.63, 3.8) is 0 Å². The van der Waals surface area contributed by atoms with Crippen LogP contribution in [0.25, 0.3) is 22.6 Å². The fourth-order valence-electron chi connectivity index (χ4n) is 1.92. The van der Waals surface area contributed by atoms with Gasteiger partial charge in [0.25, 0.3) is 5.56 Å². The molecule has 0 spiro atoms. The van der Waals surface area contributed by atoms with Gasteiger partial charge in [-0.3, -0.25) is 4.79 Å². The Bertz CT molecular complexity index is 936. The van der Waals surface area contributed by atoms with Crippen molar-refractivity contribution in [3.05, 3.63) is 61.2 Å². The van der Waals surface area contributed by atoms with Gasteiger partial charge >= 0.3 is 0 Å². The van der Waals surface area contributed by atoms with Gasteiger partial charge in [-0.25, -0.2) is 4.98 Å². The molecular weight excluding hydrogens is 350 g/mol. The lowest BCUT2D eigenvalue weighted by Gasteiger charge is -2.02. The van der Waals surface area contributed by atoms with Gasteiger partial charge in [-0.2, -0.15) is 16.6 Å². The van der Waals surface area contributed by atoms with Crippen LogP contribution in [0.15, 0.2) is 44.3 Å². The van der Waals surface area contributed by atoms with E-state index in [0.717, 1.165) is 10.0 Å². The summed E-state index contributed by atoms with van der Waals surface area (Å²) in [6.45, 7) is 0. The molecule has 0 aliphatic heterocycles. The lowest BCUT2D eigenvalue weighted by molar-refractivity contribution is 1.13. The molecule has 0 saturated heterocycles. The SMILES string of the molecule is N#C/C(=C\c1ccsc1)c1nc2ccc(Br)cc2c(=O)[nH]1. The number of H-pyrrole nitrogens is 1. The second-order valence-electron chi connectivity index (χ2n) is 4.30. The monoisotopic (exact) mass is 357 g/mol. The third kappa shape index (κ3) is 2.79. The fourth-order valence-corrected chi connectivity index (χ4v) is 2.89. The Kier molecular flexibility index (Phi) is 3.69. The van der Waals surface area contributed by atoms with E-state index in [9.17, 15) is 10.1 Å². The first-order valence-corrected chi connectivity index (χ1v) is 7.75. The van der Waals surface area contributed by atoms with Crippen LogP contribution in [0.3, 0.4) is 0 Å². The van der Waals surface area contributed by atoms with E-state index in [2.05, 4.69) is 32.0 Å². The van der Waals surface area contributed by atoms with Crippen LogP contribution in [0.5, 0.6) is 0 Å². The van der Waals surface area contributed by atoms with Gasteiger partial charge in [0.2, 0.25) is 0 Å². The molecule has 21 heavy (non-hydrogen) atoms. The summed E-state index contributed by atoms with van der Waals surface area (Å²) in [6, 6.07) is 9.25. The van der Waals surface area contributed by atoms with Gasteiger partial charge in [0.15, 0.2) is 5.82 Å². The minimum Gasteiger partial charge on any atom is -0.305 e. The number of nitriles is 1. The molecule has 102 valence electrons. The number of rotatable bonds is 2. The van der Waals surface area contributed by atoms with Gasteiger partial charge in [-0.15, -0.1) is 0 Å². The second-order valence-corrected chi connectivity index (χ2v) is 6.00. The Labute approximate surface area is 132 Å². The minimum absolute atomic E-state index is 0.261. The maximum Gasteiger partial charge on any atom is 0.259 e. The second kappa shape index (κ2) is 5.64. The predicted molar refractivity (Wildman–Crippen MR) is 87.9 cm³/mol. The number of hydrogen-bond acceptors (Lipinski definition) is 4.